The minimum Gasteiger partial charge on any atom is -0.455 e. The number of halogens is 6. The maximum Gasteiger partial charge on any atom is 0.371 e. The van der Waals surface area contributed by atoms with Crippen molar-refractivity contribution in [2.24, 2.45) is 5.92 Å². The Kier molecular flexibility index (Phi) is 5.19. The van der Waals surface area contributed by atoms with Crippen molar-refractivity contribution in [3.05, 3.63) is 12.2 Å². The lowest BCUT2D eigenvalue weighted by molar-refractivity contribution is -0.346. The number of hydrogen-bond acceptors (Lipinski definition) is 2. The van der Waals surface area contributed by atoms with E-state index in [2.05, 4.69) is 6.58 Å². The van der Waals surface area contributed by atoms with Crippen molar-refractivity contribution in [1.29, 1.82) is 0 Å². The van der Waals surface area contributed by atoms with Crippen LogP contribution in [-0.4, -0.2) is 29.3 Å². The molecular weight excluding hydrogens is 326 g/mol. The first kappa shape index (κ1) is 19.8. The van der Waals surface area contributed by atoms with Crippen LogP contribution in [0, 0.1) is 5.92 Å². The van der Waals surface area contributed by atoms with Gasteiger partial charge < -0.3 is 4.74 Å². The van der Waals surface area contributed by atoms with Gasteiger partial charge in [-0.2, -0.15) is 26.3 Å². The Morgan fingerprint density at radius 2 is 1.48 bits per heavy atom. The number of rotatable bonds is 5. The molecule has 0 radical (unpaired) electrons. The van der Waals surface area contributed by atoms with E-state index in [9.17, 15) is 31.1 Å². The molecule has 0 aromatic carbocycles. The van der Waals surface area contributed by atoms with Crippen LogP contribution in [0.5, 0.6) is 0 Å². The van der Waals surface area contributed by atoms with E-state index >= 15 is 0 Å². The molecule has 0 spiro atoms. The molecule has 0 bridgehead atoms. The van der Waals surface area contributed by atoms with Crippen molar-refractivity contribution in [1.82, 2.24) is 0 Å². The van der Waals surface area contributed by atoms with E-state index in [1.165, 1.54) is 20.8 Å². The minimum absolute atomic E-state index is 0.0315. The minimum atomic E-state index is -5.43. The molecule has 0 atom stereocenters. The first-order valence-corrected chi connectivity index (χ1v) is 7.28. The molecule has 23 heavy (non-hydrogen) atoms. The molecule has 1 aliphatic carbocycles. The van der Waals surface area contributed by atoms with Gasteiger partial charge in [0.1, 0.15) is 5.60 Å². The van der Waals surface area contributed by atoms with Gasteiger partial charge in [0.15, 0.2) is 0 Å². The van der Waals surface area contributed by atoms with Gasteiger partial charge in [0.25, 0.3) is 0 Å². The van der Waals surface area contributed by atoms with Crippen LogP contribution < -0.4 is 0 Å². The first-order valence-electron chi connectivity index (χ1n) is 7.28. The third kappa shape index (κ3) is 3.21. The van der Waals surface area contributed by atoms with Gasteiger partial charge in [-0.05, 0) is 19.8 Å². The Hall–Kier alpha value is -1.21. The average Bonchev–Trinajstić information content (AvgIpc) is 2.41. The van der Waals surface area contributed by atoms with Crippen molar-refractivity contribution < 1.29 is 35.9 Å². The summed E-state index contributed by atoms with van der Waals surface area (Å²) in [5, 5.41) is 0. The van der Waals surface area contributed by atoms with Crippen LogP contribution in [0.25, 0.3) is 0 Å². The second-order valence-electron chi connectivity index (χ2n) is 6.03. The molecule has 1 saturated carbocycles. The average molecular weight is 346 g/mol. The standard InChI is InChI=1S/C15H20F6O2/c1-5-12(6-2,23-11(22)9(3)4)10-7-13(16,17)15(20,21)14(18,19)8-10/h10H,3,5-8H2,1-2,4H3. The molecular formula is C15H20F6O2. The Morgan fingerprint density at radius 3 is 1.78 bits per heavy atom. The summed E-state index contributed by atoms with van der Waals surface area (Å²) in [7, 11) is 0. The van der Waals surface area contributed by atoms with E-state index < -0.39 is 48.1 Å². The Labute approximate surface area is 130 Å². The fourth-order valence-corrected chi connectivity index (χ4v) is 2.91. The Balaban J connectivity index is 3.24. The van der Waals surface area contributed by atoms with Crippen LogP contribution >= 0.6 is 0 Å². The molecule has 0 N–H and O–H groups in total. The third-order valence-corrected chi connectivity index (χ3v) is 4.51. The van der Waals surface area contributed by atoms with Crippen LogP contribution in [-0.2, 0) is 9.53 Å². The van der Waals surface area contributed by atoms with Crippen LogP contribution in [0.3, 0.4) is 0 Å². The van der Waals surface area contributed by atoms with Crippen LogP contribution in [0.4, 0.5) is 26.3 Å². The molecule has 0 aromatic heterocycles. The van der Waals surface area contributed by atoms with E-state index in [1.54, 1.807) is 0 Å². The quantitative estimate of drug-likeness (QED) is 0.399. The molecule has 8 heteroatoms. The molecule has 2 nitrogen and oxygen atoms in total. The molecule has 0 saturated heterocycles. The normalized spacial score (nSPS) is 23.3. The fraction of sp³-hybridized carbons (Fsp3) is 0.800. The zero-order valence-corrected chi connectivity index (χ0v) is 13.2. The summed E-state index contributed by atoms with van der Waals surface area (Å²) >= 11 is 0. The van der Waals surface area contributed by atoms with Gasteiger partial charge in [-0.25, -0.2) is 4.79 Å². The zero-order valence-electron chi connectivity index (χ0n) is 13.2. The van der Waals surface area contributed by atoms with Gasteiger partial charge in [-0.15, -0.1) is 0 Å². The highest BCUT2D eigenvalue weighted by atomic mass is 19.3. The lowest BCUT2D eigenvalue weighted by atomic mass is 9.70. The Morgan fingerprint density at radius 1 is 1.09 bits per heavy atom. The van der Waals surface area contributed by atoms with Gasteiger partial charge in [0.2, 0.25) is 0 Å². The van der Waals surface area contributed by atoms with Crippen LogP contribution in [0.1, 0.15) is 46.5 Å². The third-order valence-electron chi connectivity index (χ3n) is 4.51. The molecule has 0 aromatic rings. The van der Waals surface area contributed by atoms with Crippen LogP contribution in [0.2, 0.25) is 0 Å². The number of alkyl halides is 6. The van der Waals surface area contributed by atoms with Gasteiger partial charge in [-0.1, -0.05) is 20.4 Å². The highest BCUT2D eigenvalue weighted by Crippen LogP contribution is 2.58. The maximum absolute atomic E-state index is 13.6. The van der Waals surface area contributed by atoms with Gasteiger partial charge in [-0.3, -0.25) is 0 Å². The molecule has 0 aliphatic heterocycles. The summed E-state index contributed by atoms with van der Waals surface area (Å²) in [6, 6.07) is 0. The van der Waals surface area contributed by atoms with E-state index in [0.29, 0.717) is 0 Å². The number of hydrogen-bond donors (Lipinski definition) is 0. The lowest BCUT2D eigenvalue weighted by Gasteiger charge is -2.47. The summed E-state index contributed by atoms with van der Waals surface area (Å²) in [5.74, 6) is -17.7. The summed E-state index contributed by atoms with van der Waals surface area (Å²) in [5.41, 5.74) is -1.70. The highest BCUT2D eigenvalue weighted by molar-refractivity contribution is 5.87. The van der Waals surface area contributed by atoms with E-state index in [0.717, 1.165) is 0 Å². The van der Waals surface area contributed by atoms with Gasteiger partial charge in [0.05, 0.1) is 0 Å². The summed E-state index contributed by atoms with van der Waals surface area (Å²) in [4.78, 5) is 11.7. The topological polar surface area (TPSA) is 26.3 Å². The largest absolute Gasteiger partial charge is 0.455 e. The predicted octanol–water partition coefficient (Wildman–Crippen LogP) is 4.98. The van der Waals surface area contributed by atoms with Crippen molar-refractivity contribution in [3.8, 4) is 0 Å². The zero-order chi connectivity index (χ0) is 18.3. The molecule has 0 amide bonds. The molecule has 134 valence electrons. The number of carbonyl (C=O) groups excluding carboxylic acids is 1. The van der Waals surface area contributed by atoms with Crippen molar-refractivity contribution >= 4 is 5.97 Å². The number of ether oxygens (including phenoxy) is 1. The maximum atomic E-state index is 13.6. The molecule has 1 rings (SSSR count). The number of esters is 1. The Bertz CT molecular complexity index is 462. The smallest absolute Gasteiger partial charge is 0.371 e. The van der Waals surface area contributed by atoms with Crippen molar-refractivity contribution in [2.75, 3.05) is 0 Å². The monoisotopic (exact) mass is 346 g/mol. The molecule has 1 fully saturated rings. The first-order chi connectivity index (χ1) is 10.3. The molecule has 1 aliphatic rings. The van der Waals surface area contributed by atoms with Crippen molar-refractivity contribution in [2.45, 2.75) is 69.8 Å². The number of carbonyl (C=O) groups is 1. The fourth-order valence-electron chi connectivity index (χ4n) is 2.91. The van der Waals surface area contributed by atoms with Gasteiger partial charge >= 0.3 is 23.7 Å². The van der Waals surface area contributed by atoms with E-state index in [1.807, 2.05) is 0 Å². The highest BCUT2D eigenvalue weighted by Gasteiger charge is 2.76. The van der Waals surface area contributed by atoms with Crippen molar-refractivity contribution in [3.63, 3.8) is 0 Å². The SMILES string of the molecule is C=C(C)C(=O)OC(CC)(CC)C1CC(F)(F)C(F)(F)C(F)(F)C1. The second kappa shape index (κ2) is 6.02. The predicted molar refractivity (Wildman–Crippen MR) is 71.8 cm³/mol. The van der Waals surface area contributed by atoms with E-state index in [4.69, 9.17) is 4.74 Å². The molecule has 0 heterocycles. The molecule has 0 unspecified atom stereocenters. The lowest BCUT2D eigenvalue weighted by Crippen LogP contribution is -2.62. The van der Waals surface area contributed by atoms with E-state index in [-0.39, 0.29) is 18.4 Å². The summed E-state index contributed by atoms with van der Waals surface area (Å²) in [6.07, 6.45) is -3.04. The summed E-state index contributed by atoms with van der Waals surface area (Å²) < 4.78 is 86.3. The van der Waals surface area contributed by atoms with Gasteiger partial charge in [0, 0.05) is 24.3 Å². The summed E-state index contributed by atoms with van der Waals surface area (Å²) in [6.45, 7) is 7.60. The second-order valence-corrected chi connectivity index (χ2v) is 6.03. The van der Waals surface area contributed by atoms with Crippen LogP contribution in [0.15, 0.2) is 12.2 Å².